The van der Waals surface area contributed by atoms with Crippen LogP contribution in [0.3, 0.4) is 0 Å². The number of amides is 2. The van der Waals surface area contributed by atoms with E-state index in [2.05, 4.69) is 13.2 Å². The van der Waals surface area contributed by atoms with Crippen molar-refractivity contribution in [2.75, 3.05) is 0 Å². The van der Waals surface area contributed by atoms with E-state index in [1.54, 1.807) is 0 Å². The fraction of sp³-hybridized carbons (Fsp3) is 0.250. The monoisotopic (exact) mass is 168 g/mol. The zero-order chi connectivity index (χ0) is 9.72. The van der Waals surface area contributed by atoms with Gasteiger partial charge >= 0.3 is 0 Å². The maximum absolute atomic E-state index is 10.7. The van der Waals surface area contributed by atoms with Crippen molar-refractivity contribution in [1.82, 2.24) is 0 Å². The number of carbonyl (C=O) groups excluding carboxylic acids is 2. The molecule has 0 heterocycles. The van der Waals surface area contributed by atoms with Gasteiger partial charge in [-0.15, -0.1) is 6.58 Å². The van der Waals surface area contributed by atoms with Gasteiger partial charge in [0.05, 0.1) is 5.92 Å². The highest BCUT2D eigenvalue weighted by Gasteiger charge is 2.20. The van der Waals surface area contributed by atoms with E-state index in [0.29, 0.717) is 0 Å². The Morgan fingerprint density at radius 2 is 1.92 bits per heavy atom. The lowest BCUT2D eigenvalue weighted by molar-refractivity contribution is -0.123. The van der Waals surface area contributed by atoms with Crippen molar-refractivity contribution >= 4 is 11.8 Å². The molecule has 0 aromatic carbocycles. The molecule has 1 atom stereocenters. The van der Waals surface area contributed by atoms with Crippen molar-refractivity contribution in [1.29, 1.82) is 0 Å². The normalized spacial score (nSPS) is 11.7. The van der Waals surface area contributed by atoms with Crippen LogP contribution in [0.4, 0.5) is 0 Å². The van der Waals surface area contributed by atoms with Crippen LogP contribution in [0.5, 0.6) is 0 Å². The van der Waals surface area contributed by atoms with Crippen LogP contribution in [0.25, 0.3) is 0 Å². The van der Waals surface area contributed by atoms with Crippen molar-refractivity contribution in [2.45, 2.75) is 6.42 Å². The first-order valence-corrected chi connectivity index (χ1v) is 3.39. The summed E-state index contributed by atoms with van der Waals surface area (Å²) in [5.74, 6) is -2.04. The molecule has 2 amide bonds. The third-order valence-electron chi connectivity index (χ3n) is 1.48. The molecule has 0 bridgehead atoms. The maximum atomic E-state index is 10.7. The molecular formula is C8H12N2O2. The second-order valence-electron chi connectivity index (χ2n) is 2.37. The van der Waals surface area contributed by atoms with Gasteiger partial charge in [0.15, 0.2) is 0 Å². The molecule has 4 heteroatoms. The minimum absolute atomic E-state index is 0.0300. The number of hydrogen-bond acceptors (Lipinski definition) is 2. The average Bonchev–Trinajstić information content (AvgIpc) is 1.98. The topological polar surface area (TPSA) is 86.2 Å². The standard InChI is InChI=1S/C8H12N2O2/c1-3-4-6(8(10)12)5(2)7(9)11/h3,6H,1-2,4H2,(H2,9,11)(H2,10,12). The second-order valence-corrected chi connectivity index (χ2v) is 2.37. The lowest BCUT2D eigenvalue weighted by atomic mass is 9.96. The zero-order valence-electron chi connectivity index (χ0n) is 6.75. The third kappa shape index (κ3) is 2.57. The number of hydrogen-bond donors (Lipinski definition) is 2. The first kappa shape index (κ1) is 10.4. The largest absolute Gasteiger partial charge is 0.369 e. The van der Waals surface area contributed by atoms with Crippen molar-refractivity contribution in [3.05, 3.63) is 24.8 Å². The number of rotatable bonds is 5. The molecule has 0 aromatic rings. The van der Waals surface area contributed by atoms with E-state index in [-0.39, 0.29) is 12.0 Å². The average molecular weight is 168 g/mol. The van der Waals surface area contributed by atoms with Crippen LogP contribution < -0.4 is 11.5 Å². The van der Waals surface area contributed by atoms with E-state index in [9.17, 15) is 9.59 Å². The summed E-state index contributed by atoms with van der Waals surface area (Å²) in [7, 11) is 0. The van der Waals surface area contributed by atoms with E-state index in [0.717, 1.165) is 0 Å². The quantitative estimate of drug-likeness (QED) is 0.436. The van der Waals surface area contributed by atoms with Crippen molar-refractivity contribution in [3.8, 4) is 0 Å². The third-order valence-corrected chi connectivity index (χ3v) is 1.48. The van der Waals surface area contributed by atoms with Gasteiger partial charge < -0.3 is 11.5 Å². The van der Waals surface area contributed by atoms with Crippen LogP contribution >= 0.6 is 0 Å². The minimum Gasteiger partial charge on any atom is -0.369 e. The first-order chi connectivity index (χ1) is 5.50. The Hall–Kier alpha value is -1.58. The molecule has 1 unspecified atom stereocenters. The first-order valence-electron chi connectivity index (χ1n) is 3.39. The smallest absolute Gasteiger partial charge is 0.244 e. The van der Waals surface area contributed by atoms with Gasteiger partial charge in [0.1, 0.15) is 0 Å². The highest BCUT2D eigenvalue weighted by Crippen LogP contribution is 2.12. The molecule has 66 valence electrons. The fourth-order valence-corrected chi connectivity index (χ4v) is 0.769. The predicted octanol–water partition coefficient (Wildman–Crippen LogP) is -0.294. The second kappa shape index (κ2) is 4.33. The van der Waals surface area contributed by atoms with Crippen LogP contribution in [0.2, 0.25) is 0 Å². The summed E-state index contributed by atoms with van der Waals surface area (Å²) in [5, 5.41) is 0. The van der Waals surface area contributed by atoms with Crippen LogP contribution in [0.1, 0.15) is 6.42 Å². The summed E-state index contributed by atoms with van der Waals surface area (Å²) in [4.78, 5) is 21.3. The van der Waals surface area contributed by atoms with Crippen LogP contribution in [0.15, 0.2) is 24.8 Å². The van der Waals surface area contributed by atoms with E-state index in [4.69, 9.17) is 11.5 Å². The molecule has 0 saturated heterocycles. The summed E-state index contributed by atoms with van der Waals surface area (Å²) >= 11 is 0. The Morgan fingerprint density at radius 1 is 1.42 bits per heavy atom. The molecule has 0 aliphatic rings. The van der Waals surface area contributed by atoms with Gasteiger partial charge in [0.2, 0.25) is 11.8 Å². The van der Waals surface area contributed by atoms with E-state index in [1.165, 1.54) is 6.08 Å². The molecule has 4 nitrogen and oxygen atoms in total. The highest BCUT2D eigenvalue weighted by molar-refractivity contribution is 5.98. The molecule has 0 aromatic heterocycles. The van der Waals surface area contributed by atoms with Gasteiger partial charge in [0.25, 0.3) is 0 Å². The number of carbonyl (C=O) groups is 2. The van der Waals surface area contributed by atoms with Gasteiger partial charge in [-0.2, -0.15) is 0 Å². The minimum atomic E-state index is -0.722. The Balaban J connectivity index is 4.50. The van der Waals surface area contributed by atoms with Crippen LogP contribution in [-0.2, 0) is 9.59 Å². The molecule has 0 fully saturated rings. The molecule has 12 heavy (non-hydrogen) atoms. The summed E-state index contributed by atoms with van der Waals surface area (Å²) in [6, 6.07) is 0. The van der Waals surface area contributed by atoms with Crippen LogP contribution in [0, 0.1) is 5.92 Å². The number of allylic oxidation sites excluding steroid dienone is 1. The highest BCUT2D eigenvalue weighted by atomic mass is 16.2. The Labute approximate surface area is 70.9 Å². The van der Waals surface area contributed by atoms with E-state index >= 15 is 0 Å². The Kier molecular flexibility index (Phi) is 3.76. The SMILES string of the molecule is C=CCC(C(=C)C(N)=O)C(N)=O. The van der Waals surface area contributed by atoms with Gasteiger partial charge in [0, 0.05) is 5.57 Å². The Bertz CT molecular complexity index is 233. The molecule has 0 saturated carbocycles. The van der Waals surface area contributed by atoms with Crippen molar-refractivity contribution in [3.63, 3.8) is 0 Å². The maximum Gasteiger partial charge on any atom is 0.244 e. The van der Waals surface area contributed by atoms with Crippen LogP contribution in [-0.4, -0.2) is 11.8 Å². The van der Waals surface area contributed by atoms with Crippen molar-refractivity contribution < 1.29 is 9.59 Å². The zero-order valence-corrected chi connectivity index (χ0v) is 6.75. The summed E-state index contributed by atoms with van der Waals surface area (Å²) < 4.78 is 0. The molecule has 0 radical (unpaired) electrons. The van der Waals surface area contributed by atoms with Crippen molar-refractivity contribution in [2.24, 2.45) is 17.4 Å². The van der Waals surface area contributed by atoms with Gasteiger partial charge in [-0.05, 0) is 6.42 Å². The molecule has 0 aliphatic carbocycles. The fourth-order valence-electron chi connectivity index (χ4n) is 0.769. The Morgan fingerprint density at radius 3 is 2.17 bits per heavy atom. The number of primary amides is 2. The van der Waals surface area contributed by atoms with Gasteiger partial charge in [-0.25, -0.2) is 0 Å². The summed E-state index contributed by atoms with van der Waals surface area (Å²) in [5.41, 5.74) is 9.96. The van der Waals surface area contributed by atoms with E-state index < -0.39 is 17.7 Å². The van der Waals surface area contributed by atoms with E-state index in [1.807, 2.05) is 0 Å². The molecule has 0 spiro atoms. The van der Waals surface area contributed by atoms with Gasteiger partial charge in [-0.3, -0.25) is 9.59 Å². The molecule has 4 N–H and O–H groups in total. The lowest BCUT2D eigenvalue weighted by Gasteiger charge is -2.10. The predicted molar refractivity (Wildman–Crippen MR) is 45.8 cm³/mol. The lowest BCUT2D eigenvalue weighted by Crippen LogP contribution is -2.30. The molecule has 0 aliphatic heterocycles. The molecule has 0 rings (SSSR count). The summed E-state index contributed by atoms with van der Waals surface area (Å²) in [6.45, 7) is 6.79. The summed E-state index contributed by atoms with van der Waals surface area (Å²) in [6.07, 6.45) is 1.78. The number of nitrogens with two attached hydrogens (primary N) is 2. The molecular weight excluding hydrogens is 156 g/mol. The van der Waals surface area contributed by atoms with Gasteiger partial charge in [-0.1, -0.05) is 12.7 Å².